The van der Waals surface area contributed by atoms with Gasteiger partial charge in [0.25, 0.3) is 5.69 Å². The van der Waals surface area contributed by atoms with Crippen LogP contribution in [-0.2, 0) is 11.3 Å². The van der Waals surface area contributed by atoms with E-state index in [1.165, 1.54) is 12.1 Å². The Morgan fingerprint density at radius 3 is 2.95 bits per heavy atom. The number of hydrogen-bond acceptors (Lipinski definition) is 5. The fraction of sp³-hybridized carbons (Fsp3) is 0.538. The SMILES string of the molecule is CC1COC(CO)CN1Cc1ccc([N+](=O)[O-])cc1Cl. The minimum atomic E-state index is -0.463. The predicted octanol–water partition coefficient (Wildman–Crippen LogP) is 1.83. The van der Waals surface area contributed by atoms with Crippen molar-refractivity contribution in [2.45, 2.75) is 25.6 Å². The minimum Gasteiger partial charge on any atom is -0.394 e. The Kier molecular flexibility index (Phi) is 4.93. The molecule has 0 amide bonds. The number of rotatable bonds is 4. The molecule has 0 saturated carbocycles. The molecule has 2 atom stereocenters. The zero-order valence-corrected chi connectivity index (χ0v) is 11.9. The first-order valence-corrected chi connectivity index (χ1v) is 6.78. The van der Waals surface area contributed by atoms with Crippen molar-refractivity contribution < 1.29 is 14.8 Å². The van der Waals surface area contributed by atoms with Crippen LogP contribution in [0.5, 0.6) is 0 Å². The molecule has 1 aromatic carbocycles. The number of aliphatic hydroxyl groups excluding tert-OH is 1. The second-order valence-electron chi connectivity index (χ2n) is 4.95. The van der Waals surface area contributed by atoms with Gasteiger partial charge in [-0.2, -0.15) is 0 Å². The van der Waals surface area contributed by atoms with Crippen LogP contribution >= 0.6 is 11.6 Å². The maximum Gasteiger partial charge on any atom is 0.270 e. The Hall–Kier alpha value is -1.21. The molecule has 7 heteroatoms. The number of halogens is 1. The molecule has 1 heterocycles. The van der Waals surface area contributed by atoms with E-state index in [0.29, 0.717) is 24.7 Å². The molecule has 2 unspecified atom stereocenters. The zero-order chi connectivity index (χ0) is 14.7. The van der Waals surface area contributed by atoms with Crippen LogP contribution in [0.4, 0.5) is 5.69 Å². The number of non-ortho nitro benzene ring substituents is 1. The van der Waals surface area contributed by atoms with Crippen LogP contribution in [0.1, 0.15) is 12.5 Å². The fourth-order valence-corrected chi connectivity index (χ4v) is 2.44. The van der Waals surface area contributed by atoms with Gasteiger partial charge in [0.2, 0.25) is 0 Å². The summed E-state index contributed by atoms with van der Waals surface area (Å²) < 4.78 is 5.47. The van der Waals surface area contributed by atoms with Gasteiger partial charge < -0.3 is 9.84 Å². The molecule has 110 valence electrons. The third kappa shape index (κ3) is 3.46. The monoisotopic (exact) mass is 300 g/mol. The topological polar surface area (TPSA) is 75.8 Å². The van der Waals surface area contributed by atoms with Gasteiger partial charge in [0.05, 0.1) is 29.3 Å². The van der Waals surface area contributed by atoms with Crippen LogP contribution in [-0.4, -0.2) is 46.8 Å². The molecule has 6 nitrogen and oxygen atoms in total. The molecular formula is C13H17ClN2O4. The molecule has 1 saturated heterocycles. The number of ether oxygens (including phenoxy) is 1. The van der Waals surface area contributed by atoms with Gasteiger partial charge in [0, 0.05) is 31.3 Å². The van der Waals surface area contributed by atoms with E-state index in [1.807, 2.05) is 6.92 Å². The predicted molar refractivity (Wildman–Crippen MR) is 74.8 cm³/mol. The van der Waals surface area contributed by atoms with Gasteiger partial charge in [-0.05, 0) is 18.6 Å². The highest BCUT2D eigenvalue weighted by Crippen LogP contribution is 2.25. The first-order chi connectivity index (χ1) is 9.51. The van der Waals surface area contributed by atoms with E-state index in [9.17, 15) is 10.1 Å². The lowest BCUT2D eigenvalue weighted by Crippen LogP contribution is -2.48. The van der Waals surface area contributed by atoms with Crippen LogP contribution in [0, 0.1) is 10.1 Å². The van der Waals surface area contributed by atoms with Gasteiger partial charge in [-0.15, -0.1) is 0 Å². The van der Waals surface area contributed by atoms with Crippen LogP contribution in [0.15, 0.2) is 18.2 Å². The van der Waals surface area contributed by atoms with Crippen LogP contribution in [0.3, 0.4) is 0 Å². The van der Waals surface area contributed by atoms with E-state index in [1.54, 1.807) is 6.07 Å². The number of nitro groups is 1. The minimum absolute atomic E-state index is 0.0120. The molecule has 1 aromatic rings. The number of nitrogens with zero attached hydrogens (tertiary/aromatic N) is 2. The molecule has 0 spiro atoms. The largest absolute Gasteiger partial charge is 0.394 e. The van der Waals surface area contributed by atoms with Crippen molar-refractivity contribution >= 4 is 17.3 Å². The Balaban J connectivity index is 2.10. The molecular weight excluding hydrogens is 284 g/mol. The van der Waals surface area contributed by atoms with Crippen LogP contribution in [0.25, 0.3) is 0 Å². The normalized spacial score (nSPS) is 23.8. The molecule has 0 aliphatic carbocycles. The molecule has 0 aromatic heterocycles. The molecule has 0 radical (unpaired) electrons. The quantitative estimate of drug-likeness (QED) is 0.678. The lowest BCUT2D eigenvalue weighted by Gasteiger charge is -2.37. The smallest absolute Gasteiger partial charge is 0.270 e. The summed E-state index contributed by atoms with van der Waals surface area (Å²) in [5.41, 5.74) is 0.824. The van der Waals surface area contributed by atoms with Gasteiger partial charge in [-0.1, -0.05) is 11.6 Å². The highest BCUT2D eigenvalue weighted by molar-refractivity contribution is 6.31. The Morgan fingerprint density at radius 2 is 2.35 bits per heavy atom. The molecule has 20 heavy (non-hydrogen) atoms. The fourth-order valence-electron chi connectivity index (χ4n) is 2.20. The number of hydrogen-bond donors (Lipinski definition) is 1. The average molecular weight is 301 g/mol. The Morgan fingerprint density at radius 1 is 1.60 bits per heavy atom. The van der Waals surface area contributed by atoms with Crippen molar-refractivity contribution in [1.82, 2.24) is 4.90 Å². The van der Waals surface area contributed by atoms with Crippen molar-refractivity contribution in [3.63, 3.8) is 0 Å². The first kappa shape index (κ1) is 15.2. The van der Waals surface area contributed by atoms with Crippen molar-refractivity contribution in [3.8, 4) is 0 Å². The van der Waals surface area contributed by atoms with E-state index in [4.69, 9.17) is 21.4 Å². The lowest BCUT2D eigenvalue weighted by molar-refractivity contribution is -0.384. The Bertz CT molecular complexity index is 497. The number of benzene rings is 1. The lowest BCUT2D eigenvalue weighted by atomic mass is 10.1. The maximum absolute atomic E-state index is 10.7. The van der Waals surface area contributed by atoms with Crippen molar-refractivity contribution in [1.29, 1.82) is 0 Å². The molecule has 1 fully saturated rings. The third-order valence-electron chi connectivity index (χ3n) is 3.46. The van der Waals surface area contributed by atoms with Crippen molar-refractivity contribution in [2.24, 2.45) is 0 Å². The highest BCUT2D eigenvalue weighted by Gasteiger charge is 2.26. The second kappa shape index (κ2) is 6.49. The number of aliphatic hydroxyl groups is 1. The van der Waals surface area contributed by atoms with Crippen molar-refractivity contribution in [3.05, 3.63) is 38.9 Å². The standard InChI is InChI=1S/C13H17ClN2O4/c1-9-8-20-12(7-17)6-15(9)5-10-2-3-11(16(18)19)4-13(10)14/h2-4,9,12,17H,5-8H2,1H3. The third-order valence-corrected chi connectivity index (χ3v) is 3.81. The average Bonchev–Trinajstić information content (AvgIpc) is 2.43. The second-order valence-corrected chi connectivity index (χ2v) is 5.36. The zero-order valence-electron chi connectivity index (χ0n) is 11.2. The van der Waals surface area contributed by atoms with Gasteiger partial charge >= 0.3 is 0 Å². The van der Waals surface area contributed by atoms with E-state index < -0.39 is 4.92 Å². The molecule has 1 aliphatic rings. The molecule has 1 N–H and O–H groups in total. The first-order valence-electron chi connectivity index (χ1n) is 6.40. The number of nitro benzene ring substituents is 1. The van der Waals surface area contributed by atoms with Gasteiger partial charge in [0.15, 0.2) is 0 Å². The molecule has 0 bridgehead atoms. The summed E-state index contributed by atoms with van der Waals surface area (Å²) in [4.78, 5) is 12.4. The van der Waals surface area contributed by atoms with Gasteiger partial charge in [-0.25, -0.2) is 0 Å². The summed E-state index contributed by atoms with van der Waals surface area (Å²) in [6.45, 7) is 3.77. The van der Waals surface area contributed by atoms with Crippen molar-refractivity contribution in [2.75, 3.05) is 19.8 Å². The summed E-state index contributed by atoms with van der Waals surface area (Å²) in [7, 11) is 0. The summed E-state index contributed by atoms with van der Waals surface area (Å²) in [5, 5.41) is 20.2. The summed E-state index contributed by atoms with van der Waals surface area (Å²) in [6.07, 6.45) is -0.192. The summed E-state index contributed by atoms with van der Waals surface area (Å²) >= 11 is 6.10. The maximum atomic E-state index is 10.7. The van der Waals surface area contributed by atoms with E-state index in [0.717, 1.165) is 5.56 Å². The molecule has 1 aliphatic heterocycles. The van der Waals surface area contributed by atoms with E-state index in [2.05, 4.69) is 4.90 Å². The van der Waals surface area contributed by atoms with E-state index >= 15 is 0 Å². The van der Waals surface area contributed by atoms with Gasteiger partial charge in [0.1, 0.15) is 0 Å². The van der Waals surface area contributed by atoms with Crippen LogP contribution in [0.2, 0.25) is 5.02 Å². The van der Waals surface area contributed by atoms with E-state index in [-0.39, 0.29) is 24.4 Å². The summed E-state index contributed by atoms with van der Waals surface area (Å²) in [5.74, 6) is 0. The highest BCUT2D eigenvalue weighted by atomic mass is 35.5. The van der Waals surface area contributed by atoms with Gasteiger partial charge in [-0.3, -0.25) is 15.0 Å². The van der Waals surface area contributed by atoms with Crippen LogP contribution < -0.4 is 0 Å². The summed E-state index contributed by atoms with van der Waals surface area (Å²) in [6, 6.07) is 4.71. The number of morpholine rings is 1. The Labute approximate surface area is 122 Å². The molecule has 2 rings (SSSR count).